The van der Waals surface area contributed by atoms with Crippen LogP contribution in [0, 0.1) is 0 Å². The fourth-order valence-corrected chi connectivity index (χ4v) is 4.61. The zero-order valence-electron chi connectivity index (χ0n) is 14.9. The maximum absolute atomic E-state index is 12.6. The summed E-state index contributed by atoms with van der Waals surface area (Å²) in [6.45, 7) is 0.645. The number of nitrogens with one attached hydrogen (secondary N) is 2. The maximum atomic E-state index is 12.6. The third-order valence-corrected chi connectivity index (χ3v) is 6.18. The third kappa shape index (κ3) is 3.86. The van der Waals surface area contributed by atoms with Gasteiger partial charge in [0.2, 0.25) is 17.7 Å². The van der Waals surface area contributed by atoms with Crippen LogP contribution in [0.4, 0.5) is 17.1 Å². The number of halogens is 1. The molecule has 0 radical (unpaired) electrons. The topological polar surface area (TPSA) is 78.5 Å². The van der Waals surface area contributed by atoms with Gasteiger partial charge >= 0.3 is 0 Å². The van der Waals surface area contributed by atoms with Crippen molar-refractivity contribution in [3.05, 3.63) is 47.5 Å². The minimum atomic E-state index is -0.533. The van der Waals surface area contributed by atoms with Crippen molar-refractivity contribution >= 4 is 58.1 Å². The molecule has 1 atom stereocenters. The molecule has 4 rings (SSSR count). The number of anilines is 3. The fourth-order valence-electron chi connectivity index (χ4n) is 3.34. The van der Waals surface area contributed by atoms with Crippen molar-refractivity contribution in [1.82, 2.24) is 0 Å². The maximum Gasteiger partial charge on any atom is 0.238 e. The van der Waals surface area contributed by atoms with E-state index in [2.05, 4.69) is 10.6 Å². The van der Waals surface area contributed by atoms with Crippen LogP contribution in [0.25, 0.3) is 0 Å². The normalized spacial score (nSPS) is 18.6. The second kappa shape index (κ2) is 7.85. The van der Waals surface area contributed by atoms with Crippen LogP contribution in [-0.2, 0) is 14.4 Å². The number of hydrogen-bond donors (Lipinski definition) is 2. The number of fused-ring (bicyclic) bond motifs is 1. The van der Waals surface area contributed by atoms with E-state index >= 15 is 0 Å². The van der Waals surface area contributed by atoms with Crippen LogP contribution in [0.1, 0.15) is 19.3 Å². The Balaban J connectivity index is 1.46. The predicted octanol–water partition coefficient (Wildman–Crippen LogP) is 3.91. The average Bonchev–Trinajstić information content (AvgIpc) is 3.09. The zero-order chi connectivity index (χ0) is 19.7. The Morgan fingerprint density at radius 3 is 2.86 bits per heavy atom. The van der Waals surface area contributed by atoms with E-state index in [0.717, 1.165) is 11.3 Å². The highest BCUT2D eigenvalue weighted by Gasteiger charge is 2.30. The third-order valence-electron chi connectivity index (χ3n) is 4.67. The van der Waals surface area contributed by atoms with Crippen LogP contribution >= 0.6 is 23.4 Å². The van der Waals surface area contributed by atoms with Gasteiger partial charge in [-0.1, -0.05) is 23.7 Å². The Bertz CT molecular complexity index is 965. The number of amides is 3. The molecule has 0 saturated carbocycles. The van der Waals surface area contributed by atoms with Gasteiger partial charge < -0.3 is 15.5 Å². The summed E-state index contributed by atoms with van der Waals surface area (Å²) in [7, 11) is 0. The van der Waals surface area contributed by atoms with Crippen LogP contribution in [-0.4, -0.2) is 29.5 Å². The van der Waals surface area contributed by atoms with Crippen LogP contribution < -0.4 is 15.5 Å². The lowest BCUT2D eigenvalue weighted by atomic mass is 10.2. The van der Waals surface area contributed by atoms with Gasteiger partial charge in [-0.25, -0.2) is 0 Å². The molecule has 2 aromatic carbocycles. The van der Waals surface area contributed by atoms with E-state index in [1.807, 2.05) is 24.3 Å². The van der Waals surface area contributed by atoms with Crippen molar-refractivity contribution < 1.29 is 14.4 Å². The Hall–Kier alpha value is -2.51. The van der Waals surface area contributed by atoms with Crippen molar-refractivity contribution in [3.63, 3.8) is 0 Å². The molecule has 8 heteroatoms. The van der Waals surface area contributed by atoms with Crippen LogP contribution in [0.3, 0.4) is 0 Å². The Morgan fingerprint density at radius 2 is 2.07 bits per heavy atom. The lowest BCUT2D eigenvalue weighted by Crippen LogP contribution is -2.33. The lowest BCUT2D eigenvalue weighted by molar-refractivity contribution is -0.120. The molecule has 0 aliphatic carbocycles. The zero-order valence-corrected chi connectivity index (χ0v) is 16.5. The molecule has 2 heterocycles. The van der Waals surface area contributed by atoms with E-state index < -0.39 is 5.25 Å². The second-order valence-corrected chi connectivity index (χ2v) is 8.34. The van der Waals surface area contributed by atoms with Gasteiger partial charge in [0, 0.05) is 29.3 Å². The van der Waals surface area contributed by atoms with Gasteiger partial charge in [-0.2, -0.15) is 0 Å². The van der Waals surface area contributed by atoms with Gasteiger partial charge in [-0.15, -0.1) is 11.8 Å². The summed E-state index contributed by atoms with van der Waals surface area (Å²) in [6, 6.07) is 12.5. The number of hydrogen-bond acceptors (Lipinski definition) is 4. The highest BCUT2D eigenvalue weighted by Crippen LogP contribution is 2.38. The summed E-state index contributed by atoms with van der Waals surface area (Å²) >= 11 is 7.31. The molecule has 0 aromatic heterocycles. The summed E-state index contributed by atoms with van der Waals surface area (Å²) in [5.41, 5.74) is 1.94. The molecule has 144 valence electrons. The largest absolute Gasteiger partial charge is 0.324 e. The van der Waals surface area contributed by atoms with Gasteiger partial charge in [0.25, 0.3) is 0 Å². The van der Waals surface area contributed by atoms with E-state index in [4.69, 9.17) is 11.6 Å². The Labute approximate surface area is 171 Å². The number of benzene rings is 2. The molecule has 2 N–H and O–H groups in total. The van der Waals surface area contributed by atoms with Crippen molar-refractivity contribution in [1.29, 1.82) is 0 Å². The number of thioether (sulfide) groups is 1. The van der Waals surface area contributed by atoms with Gasteiger partial charge in [0.15, 0.2) is 0 Å². The van der Waals surface area contributed by atoms with Crippen LogP contribution in [0.2, 0.25) is 5.02 Å². The van der Waals surface area contributed by atoms with Crippen molar-refractivity contribution in [2.45, 2.75) is 29.4 Å². The molecular formula is C20H18ClN3O3S. The van der Waals surface area contributed by atoms with Gasteiger partial charge in [-0.05, 0) is 36.8 Å². The number of nitrogens with zero attached hydrogens (tertiary/aromatic N) is 1. The lowest BCUT2D eigenvalue weighted by Gasteiger charge is -2.24. The first-order valence-corrected chi connectivity index (χ1v) is 10.2. The van der Waals surface area contributed by atoms with E-state index in [-0.39, 0.29) is 24.1 Å². The Morgan fingerprint density at radius 1 is 1.25 bits per heavy atom. The first-order chi connectivity index (χ1) is 13.5. The smallest absolute Gasteiger partial charge is 0.238 e. The minimum absolute atomic E-state index is 0.0286. The molecule has 0 spiro atoms. The standard InChI is InChI=1S/C20H18ClN3O3S/c21-12-7-8-16-14(10-12)23-20(27)17(28-16)11-18(25)22-13-4-1-2-5-15(13)24-9-3-6-19(24)26/h1-2,4-5,7-8,10,17H,3,6,9,11H2,(H,22,25)(H,23,27). The highest BCUT2D eigenvalue weighted by molar-refractivity contribution is 8.01. The number of carbonyl (C=O) groups is 3. The first kappa shape index (κ1) is 18.8. The fraction of sp³-hybridized carbons (Fsp3) is 0.250. The van der Waals surface area contributed by atoms with Crippen molar-refractivity contribution in [3.8, 4) is 0 Å². The molecule has 28 heavy (non-hydrogen) atoms. The number of para-hydroxylation sites is 2. The van der Waals surface area contributed by atoms with Crippen molar-refractivity contribution in [2.75, 3.05) is 22.1 Å². The molecule has 0 bridgehead atoms. The molecule has 2 aliphatic rings. The van der Waals surface area contributed by atoms with Gasteiger partial charge in [-0.3, -0.25) is 14.4 Å². The summed E-state index contributed by atoms with van der Waals surface area (Å²) < 4.78 is 0. The molecule has 6 nitrogen and oxygen atoms in total. The summed E-state index contributed by atoms with van der Waals surface area (Å²) in [5, 5.41) is 5.68. The minimum Gasteiger partial charge on any atom is -0.324 e. The average molecular weight is 416 g/mol. The molecule has 1 saturated heterocycles. The highest BCUT2D eigenvalue weighted by atomic mass is 35.5. The molecule has 3 amide bonds. The summed E-state index contributed by atoms with van der Waals surface area (Å²) in [5.74, 6) is -0.443. The predicted molar refractivity (Wildman–Crippen MR) is 111 cm³/mol. The van der Waals surface area contributed by atoms with E-state index in [1.165, 1.54) is 11.8 Å². The Kier molecular flexibility index (Phi) is 5.28. The molecule has 2 aliphatic heterocycles. The van der Waals surface area contributed by atoms with Crippen LogP contribution in [0.5, 0.6) is 0 Å². The van der Waals surface area contributed by atoms with Gasteiger partial charge in [0.05, 0.1) is 22.3 Å². The van der Waals surface area contributed by atoms with E-state index in [9.17, 15) is 14.4 Å². The molecule has 1 fully saturated rings. The number of carbonyl (C=O) groups excluding carboxylic acids is 3. The summed E-state index contributed by atoms with van der Waals surface area (Å²) in [4.78, 5) is 39.6. The first-order valence-electron chi connectivity index (χ1n) is 8.97. The molecular weight excluding hydrogens is 398 g/mol. The van der Waals surface area contributed by atoms with Crippen LogP contribution in [0.15, 0.2) is 47.4 Å². The molecule has 1 unspecified atom stereocenters. The number of rotatable bonds is 4. The monoisotopic (exact) mass is 415 g/mol. The second-order valence-electron chi connectivity index (χ2n) is 6.65. The van der Waals surface area contributed by atoms with E-state index in [1.54, 1.807) is 23.1 Å². The van der Waals surface area contributed by atoms with E-state index in [0.29, 0.717) is 35.1 Å². The quantitative estimate of drug-likeness (QED) is 0.793. The SMILES string of the molecule is O=C(CC1Sc2ccc(Cl)cc2NC1=O)Nc1ccccc1N1CCCC1=O. The molecule has 2 aromatic rings. The van der Waals surface area contributed by atoms with Gasteiger partial charge in [0.1, 0.15) is 0 Å². The summed E-state index contributed by atoms with van der Waals surface area (Å²) in [6.07, 6.45) is 1.36. The van der Waals surface area contributed by atoms with Crippen molar-refractivity contribution in [2.24, 2.45) is 0 Å².